The Kier molecular flexibility index (Phi) is 3.12. The van der Waals surface area contributed by atoms with Crippen LogP contribution >= 0.6 is 0 Å². The Balaban J connectivity index is 2.23. The number of carboxylic acid groups (broad SMARTS) is 1. The van der Waals surface area contributed by atoms with Crippen molar-refractivity contribution in [2.24, 2.45) is 0 Å². The molecule has 0 saturated carbocycles. The normalized spacial score (nSPS) is 33.2. The van der Waals surface area contributed by atoms with Gasteiger partial charge in [0.15, 0.2) is 0 Å². The fraction of sp³-hybridized carbons (Fsp3) is 0.833. The van der Waals surface area contributed by atoms with Crippen molar-refractivity contribution < 1.29 is 14.7 Å². The van der Waals surface area contributed by atoms with Crippen molar-refractivity contribution in [3.63, 3.8) is 0 Å². The molecule has 2 saturated heterocycles. The van der Waals surface area contributed by atoms with Crippen LogP contribution in [0.1, 0.15) is 32.6 Å². The molecule has 17 heavy (non-hydrogen) atoms. The topological polar surface area (TPSA) is 60.9 Å². The van der Waals surface area contributed by atoms with Crippen molar-refractivity contribution in [3.8, 4) is 0 Å². The number of hydrogen-bond acceptors (Lipinski definition) is 3. The number of fused-ring (bicyclic) bond motifs is 1. The molecule has 5 nitrogen and oxygen atoms in total. The first-order valence-electron chi connectivity index (χ1n) is 6.19. The molecule has 0 aromatic carbocycles. The number of carboxylic acids is 1. The second-order valence-corrected chi connectivity index (χ2v) is 5.20. The summed E-state index contributed by atoms with van der Waals surface area (Å²) in [7, 11) is 1.61. The van der Waals surface area contributed by atoms with Gasteiger partial charge in [0, 0.05) is 26.6 Å². The lowest BCUT2D eigenvalue weighted by molar-refractivity contribution is -0.161. The number of nitrogens with zero attached hydrogens (tertiary/aromatic N) is 2. The van der Waals surface area contributed by atoms with E-state index < -0.39 is 11.5 Å². The van der Waals surface area contributed by atoms with Gasteiger partial charge in [-0.05, 0) is 32.2 Å². The Morgan fingerprint density at radius 2 is 2.12 bits per heavy atom. The Labute approximate surface area is 101 Å². The second-order valence-electron chi connectivity index (χ2n) is 5.20. The molecule has 2 atom stereocenters. The number of aliphatic carboxylic acids is 1. The predicted molar refractivity (Wildman–Crippen MR) is 62.6 cm³/mol. The molecule has 96 valence electrons. The third kappa shape index (κ3) is 1.92. The zero-order chi connectivity index (χ0) is 12.6. The molecule has 1 N–H and O–H groups in total. The van der Waals surface area contributed by atoms with Crippen LogP contribution in [0.4, 0.5) is 0 Å². The molecule has 2 aliphatic rings. The maximum atomic E-state index is 11.6. The van der Waals surface area contributed by atoms with Gasteiger partial charge in [-0.2, -0.15) is 0 Å². The molecule has 0 spiro atoms. The predicted octanol–water partition coefficient (Wildman–Crippen LogP) is 0.546. The molecule has 2 fully saturated rings. The summed E-state index contributed by atoms with van der Waals surface area (Å²) >= 11 is 0. The van der Waals surface area contributed by atoms with Gasteiger partial charge in [0.1, 0.15) is 5.54 Å². The highest BCUT2D eigenvalue weighted by molar-refractivity contribution is 5.86. The van der Waals surface area contributed by atoms with Gasteiger partial charge in [0.25, 0.3) is 0 Å². The number of carbonyl (C=O) groups excluding carboxylic acids is 1. The van der Waals surface area contributed by atoms with E-state index in [1.807, 2.05) is 0 Å². The average molecular weight is 240 g/mol. The van der Waals surface area contributed by atoms with Gasteiger partial charge in [-0.1, -0.05) is 0 Å². The first-order chi connectivity index (χ1) is 7.97. The monoisotopic (exact) mass is 240 g/mol. The van der Waals surface area contributed by atoms with E-state index in [9.17, 15) is 14.7 Å². The molecule has 0 aromatic heterocycles. The van der Waals surface area contributed by atoms with Crippen LogP contribution in [-0.2, 0) is 9.59 Å². The Bertz CT molecular complexity index is 345. The molecule has 1 amide bonds. The Morgan fingerprint density at radius 1 is 1.41 bits per heavy atom. The number of rotatable bonds is 2. The molecule has 5 heteroatoms. The van der Waals surface area contributed by atoms with Gasteiger partial charge >= 0.3 is 5.97 Å². The molecular weight excluding hydrogens is 220 g/mol. The van der Waals surface area contributed by atoms with Crippen LogP contribution in [0.2, 0.25) is 0 Å². The number of carbonyl (C=O) groups is 2. The van der Waals surface area contributed by atoms with E-state index in [4.69, 9.17) is 0 Å². The largest absolute Gasteiger partial charge is 0.479 e. The van der Waals surface area contributed by atoms with Crippen LogP contribution in [-0.4, -0.2) is 58.5 Å². The minimum Gasteiger partial charge on any atom is -0.479 e. The van der Waals surface area contributed by atoms with E-state index in [1.54, 1.807) is 7.05 Å². The average Bonchev–Trinajstić information content (AvgIpc) is 2.73. The minimum atomic E-state index is -0.989. The van der Waals surface area contributed by atoms with Crippen LogP contribution in [0, 0.1) is 0 Å². The van der Waals surface area contributed by atoms with Gasteiger partial charge in [-0.25, -0.2) is 4.79 Å². The number of amides is 1. The Morgan fingerprint density at radius 3 is 2.71 bits per heavy atom. The lowest BCUT2D eigenvalue weighted by atomic mass is 9.82. The van der Waals surface area contributed by atoms with Gasteiger partial charge in [0.05, 0.1) is 0 Å². The zero-order valence-electron chi connectivity index (χ0n) is 10.5. The van der Waals surface area contributed by atoms with E-state index in [2.05, 4.69) is 4.90 Å². The summed E-state index contributed by atoms with van der Waals surface area (Å²) in [6.45, 7) is 3.30. The van der Waals surface area contributed by atoms with E-state index in [-0.39, 0.29) is 5.91 Å². The summed E-state index contributed by atoms with van der Waals surface area (Å²) in [4.78, 5) is 26.9. The summed E-state index contributed by atoms with van der Waals surface area (Å²) in [5.74, 6) is -1.03. The van der Waals surface area contributed by atoms with Crippen molar-refractivity contribution in [2.75, 3.05) is 20.1 Å². The van der Waals surface area contributed by atoms with E-state index in [1.165, 1.54) is 11.8 Å². The lowest BCUT2D eigenvalue weighted by Gasteiger charge is -2.46. The van der Waals surface area contributed by atoms with E-state index >= 15 is 0 Å². The van der Waals surface area contributed by atoms with Crippen molar-refractivity contribution in [1.29, 1.82) is 0 Å². The van der Waals surface area contributed by atoms with E-state index in [0.717, 1.165) is 25.9 Å². The van der Waals surface area contributed by atoms with Crippen molar-refractivity contribution in [1.82, 2.24) is 9.80 Å². The highest BCUT2D eigenvalue weighted by atomic mass is 16.4. The molecule has 2 unspecified atom stereocenters. The molecule has 2 heterocycles. The van der Waals surface area contributed by atoms with Crippen LogP contribution in [0.5, 0.6) is 0 Å². The second kappa shape index (κ2) is 4.29. The minimum absolute atomic E-state index is 0.168. The molecule has 2 aliphatic heterocycles. The highest BCUT2D eigenvalue weighted by Crippen LogP contribution is 2.36. The van der Waals surface area contributed by atoms with Crippen LogP contribution in [0.15, 0.2) is 0 Å². The third-order valence-electron chi connectivity index (χ3n) is 4.40. The first kappa shape index (κ1) is 12.4. The number of likely N-dealkylation sites (N-methyl/N-ethyl adjacent to an activating group) is 1. The third-order valence-corrected chi connectivity index (χ3v) is 4.40. The summed E-state index contributed by atoms with van der Waals surface area (Å²) in [5, 5.41) is 9.52. The van der Waals surface area contributed by atoms with Gasteiger partial charge in [-0.15, -0.1) is 0 Å². The van der Waals surface area contributed by atoms with Crippen molar-refractivity contribution >= 4 is 11.9 Å². The van der Waals surface area contributed by atoms with Crippen molar-refractivity contribution in [3.05, 3.63) is 0 Å². The van der Waals surface area contributed by atoms with Crippen LogP contribution < -0.4 is 0 Å². The van der Waals surface area contributed by atoms with Crippen molar-refractivity contribution in [2.45, 2.75) is 44.2 Å². The number of piperidine rings is 1. The van der Waals surface area contributed by atoms with Gasteiger partial charge in [0.2, 0.25) is 5.91 Å². The standard InChI is InChI=1S/C12H20N2O3/c1-9(15)13(2)12(11(16)17)5-7-14-6-3-4-10(14)8-12/h10H,3-8H2,1-2H3,(H,16,17). The quantitative estimate of drug-likeness (QED) is 0.765. The molecular formula is C12H20N2O3. The van der Waals surface area contributed by atoms with Crippen LogP contribution in [0.25, 0.3) is 0 Å². The maximum Gasteiger partial charge on any atom is 0.329 e. The zero-order valence-corrected chi connectivity index (χ0v) is 10.5. The van der Waals surface area contributed by atoms with Gasteiger partial charge < -0.3 is 14.9 Å². The first-order valence-corrected chi connectivity index (χ1v) is 6.19. The molecule has 0 aliphatic carbocycles. The fourth-order valence-electron chi connectivity index (χ4n) is 3.18. The smallest absolute Gasteiger partial charge is 0.329 e. The van der Waals surface area contributed by atoms with Gasteiger partial charge in [-0.3, -0.25) is 4.79 Å². The summed E-state index contributed by atoms with van der Waals surface area (Å²) < 4.78 is 0. The molecule has 2 rings (SSSR count). The lowest BCUT2D eigenvalue weighted by Crippen LogP contribution is -2.61. The summed E-state index contributed by atoms with van der Waals surface area (Å²) in [6.07, 6.45) is 3.30. The van der Waals surface area contributed by atoms with E-state index in [0.29, 0.717) is 18.9 Å². The Hall–Kier alpha value is -1.10. The fourth-order valence-corrected chi connectivity index (χ4v) is 3.18. The molecule has 0 aromatic rings. The summed E-state index contributed by atoms with van der Waals surface area (Å²) in [6, 6.07) is 0.335. The molecule has 0 bridgehead atoms. The maximum absolute atomic E-state index is 11.6. The van der Waals surface area contributed by atoms with Crippen LogP contribution in [0.3, 0.4) is 0 Å². The SMILES string of the molecule is CC(=O)N(C)C1(C(=O)O)CCN2CCCC2C1. The summed E-state index contributed by atoms with van der Waals surface area (Å²) in [5.41, 5.74) is -0.989. The number of hydrogen-bond donors (Lipinski definition) is 1. The molecule has 0 radical (unpaired) electrons. The highest BCUT2D eigenvalue weighted by Gasteiger charge is 2.50.